The fourth-order valence-electron chi connectivity index (χ4n) is 1.74. The molecule has 0 saturated carbocycles. The quantitative estimate of drug-likeness (QED) is 0.830. The van der Waals surface area contributed by atoms with Gasteiger partial charge in [-0.15, -0.1) is 0 Å². The van der Waals surface area contributed by atoms with Crippen molar-refractivity contribution in [2.24, 2.45) is 5.10 Å². The van der Waals surface area contributed by atoms with Crippen molar-refractivity contribution in [3.8, 4) is 11.5 Å². The third-order valence-electron chi connectivity index (χ3n) is 2.78. The van der Waals surface area contributed by atoms with E-state index in [-0.39, 0.29) is 22.0 Å². The van der Waals surface area contributed by atoms with E-state index in [1.807, 2.05) is 6.92 Å². The molecule has 1 heterocycles. The molecule has 2 rings (SSSR count). The van der Waals surface area contributed by atoms with Gasteiger partial charge in [0.25, 0.3) is 0 Å². The second-order valence-corrected chi connectivity index (χ2v) is 5.31. The topological polar surface area (TPSA) is 51.1 Å². The molecular formula is C13H14F2N2O3S. The Balaban J connectivity index is 2.30. The van der Waals surface area contributed by atoms with Gasteiger partial charge in [0.05, 0.1) is 18.0 Å². The average Bonchev–Trinajstić information content (AvgIpc) is 2.46. The molecule has 0 aromatic heterocycles. The largest absolute Gasteiger partial charge is 0.493 e. The van der Waals surface area contributed by atoms with Crippen LogP contribution in [-0.2, 0) is 0 Å². The van der Waals surface area contributed by atoms with Gasteiger partial charge in [0, 0.05) is 12.3 Å². The Morgan fingerprint density at radius 3 is 2.76 bits per heavy atom. The maximum atomic E-state index is 12.4. The Morgan fingerprint density at radius 2 is 2.19 bits per heavy atom. The number of halogens is 2. The lowest BCUT2D eigenvalue weighted by atomic mass is 10.2. The number of hydrogen-bond donors (Lipinski definition) is 0. The summed E-state index contributed by atoms with van der Waals surface area (Å²) in [7, 11) is 1.35. The van der Waals surface area contributed by atoms with Crippen molar-refractivity contribution in [1.29, 1.82) is 0 Å². The van der Waals surface area contributed by atoms with E-state index in [4.69, 9.17) is 4.74 Å². The van der Waals surface area contributed by atoms with Crippen molar-refractivity contribution in [1.82, 2.24) is 0 Å². The van der Waals surface area contributed by atoms with Gasteiger partial charge < -0.3 is 9.47 Å². The van der Waals surface area contributed by atoms with Crippen molar-refractivity contribution >= 4 is 28.9 Å². The molecule has 0 fully saturated rings. The summed E-state index contributed by atoms with van der Waals surface area (Å²) in [5, 5.41) is 4.98. The molecule has 0 spiro atoms. The third kappa shape index (κ3) is 3.63. The maximum Gasteiger partial charge on any atom is 0.387 e. The minimum Gasteiger partial charge on any atom is -0.493 e. The highest BCUT2D eigenvalue weighted by Crippen LogP contribution is 2.35. The molecule has 0 radical (unpaired) electrons. The molecule has 1 aromatic carbocycles. The first kappa shape index (κ1) is 15.6. The molecule has 0 saturated heterocycles. The van der Waals surface area contributed by atoms with E-state index in [1.54, 1.807) is 12.3 Å². The number of rotatable bonds is 5. The monoisotopic (exact) mass is 316 g/mol. The zero-order valence-electron chi connectivity index (χ0n) is 11.5. The van der Waals surface area contributed by atoms with E-state index in [0.29, 0.717) is 5.69 Å². The molecular weight excluding hydrogens is 302 g/mol. The Hall–Kier alpha value is -1.83. The van der Waals surface area contributed by atoms with Crippen LogP contribution in [0.25, 0.3) is 0 Å². The molecule has 0 aliphatic carbocycles. The standard InChI is InChI=1S/C13H14F2N2O3S/c1-3-9-7-16-17(13(18)21-9)8-4-5-10(19-2)11(6-8)20-12(14)15/h4-7,9,12H,3H2,1-2H3. The predicted molar refractivity (Wildman–Crippen MR) is 77.7 cm³/mol. The van der Waals surface area contributed by atoms with Gasteiger partial charge in [0.1, 0.15) is 0 Å². The first-order valence-corrected chi connectivity index (χ1v) is 7.10. The number of carbonyl (C=O) groups excluding carboxylic acids is 1. The van der Waals surface area contributed by atoms with Gasteiger partial charge in [-0.05, 0) is 18.6 Å². The van der Waals surface area contributed by atoms with Crippen molar-refractivity contribution < 1.29 is 23.0 Å². The Labute approximate surface area is 124 Å². The van der Waals surface area contributed by atoms with Gasteiger partial charge in [-0.2, -0.15) is 18.9 Å². The maximum absolute atomic E-state index is 12.4. The first-order valence-electron chi connectivity index (χ1n) is 6.22. The van der Waals surface area contributed by atoms with Crippen molar-refractivity contribution in [3.05, 3.63) is 18.2 Å². The van der Waals surface area contributed by atoms with E-state index in [1.165, 1.54) is 19.2 Å². The van der Waals surface area contributed by atoms with Crippen LogP contribution in [0.15, 0.2) is 23.3 Å². The summed E-state index contributed by atoms with van der Waals surface area (Å²) in [6, 6.07) is 4.30. The van der Waals surface area contributed by atoms with Gasteiger partial charge in [-0.3, -0.25) is 4.79 Å². The number of nitrogens with zero attached hydrogens (tertiary/aromatic N) is 2. The molecule has 5 nitrogen and oxygen atoms in total. The summed E-state index contributed by atoms with van der Waals surface area (Å²) in [5.41, 5.74) is 0.342. The summed E-state index contributed by atoms with van der Waals surface area (Å²) in [4.78, 5) is 12.0. The van der Waals surface area contributed by atoms with E-state index >= 15 is 0 Å². The van der Waals surface area contributed by atoms with E-state index in [0.717, 1.165) is 23.2 Å². The highest BCUT2D eigenvalue weighted by atomic mass is 32.2. The number of hydrogen-bond acceptors (Lipinski definition) is 5. The number of carbonyl (C=O) groups is 1. The molecule has 114 valence electrons. The van der Waals surface area contributed by atoms with E-state index in [2.05, 4.69) is 9.84 Å². The molecule has 1 aromatic rings. The van der Waals surface area contributed by atoms with Crippen LogP contribution in [0.3, 0.4) is 0 Å². The number of amides is 1. The highest BCUT2D eigenvalue weighted by Gasteiger charge is 2.25. The number of benzene rings is 1. The van der Waals surface area contributed by atoms with Crippen LogP contribution in [0.5, 0.6) is 11.5 Å². The van der Waals surface area contributed by atoms with Crippen LogP contribution in [-0.4, -0.2) is 30.4 Å². The summed E-state index contributed by atoms with van der Waals surface area (Å²) in [6.45, 7) is -1.03. The van der Waals surface area contributed by atoms with Gasteiger partial charge in [-0.1, -0.05) is 18.7 Å². The lowest BCUT2D eigenvalue weighted by molar-refractivity contribution is -0.0511. The van der Waals surface area contributed by atoms with Crippen LogP contribution in [0.4, 0.5) is 19.3 Å². The van der Waals surface area contributed by atoms with Crippen LogP contribution in [0, 0.1) is 0 Å². The van der Waals surface area contributed by atoms with Crippen LogP contribution in [0.2, 0.25) is 0 Å². The number of alkyl halides is 2. The van der Waals surface area contributed by atoms with Crippen molar-refractivity contribution in [2.45, 2.75) is 25.2 Å². The minimum atomic E-state index is -2.98. The fourth-order valence-corrected chi connectivity index (χ4v) is 2.54. The Kier molecular flexibility index (Phi) is 5.00. The lowest BCUT2D eigenvalue weighted by Crippen LogP contribution is -2.29. The van der Waals surface area contributed by atoms with Crippen molar-refractivity contribution in [3.63, 3.8) is 0 Å². The molecule has 21 heavy (non-hydrogen) atoms. The second kappa shape index (κ2) is 6.75. The van der Waals surface area contributed by atoms with Gasteiger partial charge in [0.15, 0.2) is 11.5 Å². The van der Waals surface area contributed by atoms with Crippen molar-refractivity contribution in [2.75, 3.05) is 12.1 Å². The van der Waals surface area contributed by atoms with Crippen LogP contribution in [0.1, 0.15) is 13.3 Å². The predicted octanol–water partition coefficient (Wildman–Crippen LogP) is 3.73. The van der Waals surface area contributed by atoms with Crippen LogP contribution >= 0.6 is 11.8 Å². The Bertz CT molecular complexity index is 554. The molecule has 1 unspecified atom stereocenters. The summed E-state index contributed by atoms with van der Waals surface area (Å²) >= 11 is 1.14. The Morgan fingerprint density at radius 1 is 1.43 bits per heavy atom. The van der Waals surface area contributed by atoms with Gasteiger partial charge in [-0.25, -0.2) is 0 Å². The number of hydrazone groups is 1. The van der Waals surface area contributed by atoms with Gasteiger partial charge in [0.2, 0.25) is 0 Å². The third-order valence-corrected chi connectivity index (χ3v) is 3.92. The number of thioether (sulfide) groups is 1. The lowest BCUT2D eigenvalue weighted by Gasteiger charge is -2.23. The van der Waals surface area contributed by atoms with Gasteiger partial charge >= 0.3 is 11.9 Å². The smallest absolute Gasteiger partial charge is 0.387 e. The molecule has 1 amide bonds. The van der Waals surface area contributed by atoms with E-state index < -0.39 is 6.61 Å². The highest BCUT2D eigenvalue weighted by molar-refractivity contribution is 8.15. The normalized spacial score (nSPS) is 18.2. The second-order valence-electron chi connectivity index (χ2n) is 4.12. The molecule has 1 aliphatic rings. The number of anilines is 1. The number of methoxy groups -OCH3 is 1. The molecule has 1 atom stereocenters. The number of ether oxygens (including phenoxy) is 2. The average molecular weight is 316 g/mol. The van der Waals surface area contributed by atoms with Crippen LogP contribution < -0.4 is 14.5 Å². The summed E-state index contributed by atoms with van der Waals surface area (Å²) in [5.74, 6) is 0.0159. The molecule has 0 N–H and O–H groups in total. The molecule has 0 bridgehead atoms. The zero-order chi connectivity index (χ0) is 15.4. The summed E-state index contributed by atoms with van der Waals surface area (Å²) in [6.07, 6.45) is 2.44. The molecule has 1 aliphatic heterocycles. The first-order chi connectivity index (χ1) is 10.0. The fraction of sp³-hybridized carbons (Fsp3) is 0.385. The SMILES string of the molecule is CCC1C=NN(c2ccc(OC)c(OC(F)F)c2)C(=O)S1. The van der Waals surface area contributed by atoms with E-state index in [9.17, 15) is 13.6 Å². The summed E-state index contributed by atoms with van der Waals surface area (Å²) < 4.78 is 34.1. The minimum absolute atomic E-state index is 0.0313. The molecule has 8 heteroatoms. The zero-order valence-corrected chi connectivity index (χ0v) is 12.3.